The second-order valence-corrected chi connectivity index (χ2v) is 4.71. The fourth-order valence-electron chi connectivity index (χ4n) is 2.02. The lowest BCUT2D eigenvalue weighted by molar-refractivity contribution is -0.213. The van der Waals surface area contributed by atoms with E-state index in [0.717, 1.165) is 24.3 Å². The first-order chi connectivity index (χ1) is 10.1. The van der Waals surface area contributed by atoms with E-state index in [1.165, 1.54) is 0 Å². The van der Waals surface area contributed by atoms with Gasteiger partial charge < -0.3 is 10.5 Å². The Morgan fingerprint density at radius 3 is 2.23 bits per heavy atom. The van der Waals surface area contributed by atoms with Gasteiger partial charge in [0.1, 0.15) is 5.75 Å². The Hall–Kier alpha value is -2.12. The van der Waals surface area contributed by atoms with Crippen molar-refractivity contribution in [3.8, 4) is 5.75 Å². The van der Waals surface area contributed by atoms with Crippen molar-refractivity contribution in [2.24, 2.45) is 5.73 Å². The summed E-state index contributed by atoms with van der Waals surface area (Å²) in [6, 6.07) is 3.72. The van der Waals surface area contributed by atoms with Crippen LogP contribution in [0.3, 0.4) is 0 Å². The lowest BCUT2D eigenvalue weighted by atomic mass is 9.95. The van der Waals surface area contributed by atoms with Gasteiger partial charge in [-0.05, 0) is 24.3 Å². The van der Waals surface area contributed by atoms with Crippen LogP contribution in [-0.4, -0.2) is 11.8 Å². The molecule has 1 aromatic carbocycles. The average molecular weight is 323 g/mol. The highest BCUT2D eigenvalue weighted by Crippen LogP contribution is 2.43. The molecular weight excluding hydrogens is 312 g/mol. The molecule has 120 valence electrons. The van der Waals surface area contributed by atoms with Crippen molar-refractivity contribution in [2.45, 2.75) is 24.4 Å². The molecule has 1 aliphatic carbocycles. The number of benzene rings is 1. The molecule has 8 heteroatoms. The highest BCUT2D eigenvalue weighted by atomic mass is 19.4. The third-order valence-electron chi connectivity index (χ3n) is 3.03. The van der Waals surface area contributed by atoms with Crippen LogP contribution in [0, 0.1) is 0 Å². The molecule has 2 nitrogen and oxygen atoms in total. The Bertz CT molecular complexity index is 616. The zero-order valence-electron chi connectivity index (χ0n) is 11.0. The lowest BCUT2D eigenvalue weighted by Crippen LogP contribution is -2.48. The number of rotatable bonds is 2. The minimum atomic E-state index is -4.97. The molecule has 1 unspecified atom stereocenters. The van der Waals surface area contributed by atoms with Gasteiger partial charge in [0.25, 0.3) is 0 Å². The largest absolute Gasteiger partial charge is 0.469 e. The maximum Gasteiger partial charge on any atom is 0.435 e. The molecule has 1 atom stereocenters. The summed E-state index contributed by atoms with van der Waals surface area (Å²) in [5, 5.41) is 0. The maximum atomic E-state index is 13.3. The number of para-hydroxylation sites is 1. The van der Waals surface area contributed by atoms with Gasteiger partial charge in [-0.3, -0.25) is 0 Å². The van der Waals surface area contributed by atoms with E-state index in [1.54, 1.807) is 0 Å². The summed E-state index contributed by atoms with van der Waals surface area (Å²) in [5.74, 6) is -0.914. The molecular formula is C14H11F6NO. The van der Waals surface area contributed by atoms with E-state index in [1.807, 2.05) is 0 Å². The molecule has 0 aliphatic heterocycles. The van der Waals surface area contributed by atoms with E-state index in [2.05, 4.69) is 0 Å². The van der Waals surface area contributed by atoms with Crippen molar-refractivity contribution in [1.82, 2.24) is 0 Å². The van der Waals surface area contributed by atoms with Crippen LogP contribution in [0.2, 0.25) is 0 Å². The fourth-order valence-corrected chi connectivity index (χ4v) is 2.02. The standard InChI is InChI=1S/C14H11F6NO/c15-13(16,17)10-5-1-2-6-11(10)22-12(14(18,19)20)7-3-4-9(21)8-12/h1-3,5-8H,4,21H2. The van der Waals surface area contributed by atoms with Crippen molar-refractivity contribution >= 4 is 0 Å². The van der Waals surface area contributed by atoms with Gasteiger partial charge in [0.2, 0.25) is 5.60 Å². The van der Waals surface area contributed by atoms with E-state index in [0.29, 0.717) is 18.2 Å². The molecule has 0 bridgehead atoms. The molecule has 0 saturated carbocycles. The van der Waals surface area contributed by atoms with E-state index in [-0.39, 0.29) is 12.1 Å². The topological polar surface area (TPSA) is 35.2 Å². The molecule has 2 N–H and O–H groups in total. The summed E-state index contributed by atoms with van der Waals surface area (Å²) in [7, 11) is 0. The molecule has 0 amide bonds. The van der Waals surface area contributed by atoms with Crippen molar-refractivity contribution in [1.29, 1.82) is 0 Å². The van der Waals surface area contributed by atoms with Gasteiger partial charge in [-0.2, -0.15) is 26.3 Å². The Morgan fingerprint density at radius 2 is 1.68 bits per heavy atom. The van der Waals surface area contributed by atoms with Gasteiger partial charge in [-0.1, -0.05) is 18.2 Å². The molecule has 0 spiro atoms. The van der Waals surface area contributed by atoms with Gasteiger partial charge in [0.05, 0.1) is 5.56 Å². The van der Waals surface area contributed by atoms with Crippen molar-refractivity contribution in [2.75, 3.05) is 0 Å². The Labute approximate surface area is 121 Å². The predicted octanol–water partition coefficient (Wildman–Crippen LogP) is 4.19. The highest BCUT2D eigenvalue weighted by molar-refractivity contribution is 5.39. The number of hydrogen-bond acceptors (Lipinski definition) is 2. The predicted molar refractivity (Wildman–Crippen MR) is 66.9 cm³/mol. The van der Waals surface area contributed by atoms with Gasteiger partial charge in [0, 0.05) is 12.1 Å². The number of hydrogen-bond donors (Lipinski definition) is 1. The summed E-state index contributed by atoms with van der Waals surface area (Å²) in [5.41, 5.74) is 0.953. The van der Waals surface area contributed by atoms with Crippen LogP contribution in [0.25, 0.3) is 0 Å². The van der Waals surface area contributed by atoms with Crippen LogP contribution >= 0.6 is 0 Å². The number of ether oxygens (including phenoxy) is 1. The normalized spacial score (nSPS) is 22.4. The summed E-state index contributed by atoms with van der Waals surface area (Å²) >= 11 is 0. The van der Waals surface area contributed by atoms with Crippen molar-refractivity contribution < 1.29 is 31.1 Å². The third-order valence-corrected chi connectivity index (χ3v) is 3.03. The molecule has 1 aliphatic rings. The Kier molecular flexibility index (Phi) is 3.88. The first-order valence-corrected chi connectivity index (χ1v) is 6.12. The van der Waals surface area contributed by atoms with Crippen LogP contribution in [0.1, 0.15) is 12.0 Å². The van der Waals surface area contributed by atoms with Crippen molar-refractivity contribution in [3.05, 3.63) is 53.8 Å². The average Bonchev–Trinajstić information content (AvgIpc) is 2.36. The monoisotopic (exact) mass is 323 g/mol. The smallest absolute Gasteiger partial charge is 0.435 e. The second-order valence-electron chi connectivity index (χ2n) is 4.71. The van der Waals surface area contributed by atoms with Gasteiger partial charge in [-0.15, -0.1) is 0 Å². The first kappa shape index (κ1) is 16.3. The molecule has 1 aromatic rings. The van der Waals surface area contributed by atoms with Gasteiger partial charge in [-0.25, -0.2) is 0 Å². The molecule has 0 heterocycles. The number of nitrogens with two attached hydrogens (primary N) is 1. The Morgan fingerprint density at radius 1 is 1.05 bits per heavy atom. The third kappa shape index (κ3) is 3.05. The van der Waals surface area contributed by atoms with Gasteiger partial charge >= 0.3 is 12.4 Å². The first-order valence-electron chi connectivity index (χ1n) is 6.12. The molecule has 0 radical (unpaired) electrons. The minimum absolute atomic E-state index is 0.0715. The number of allylic oxidation sites excluding steroid dienone is 1. The lowest BCUT2D eigenvalue weighted by Gasteiger charge is -2.34. The van der Waals surface area contributed by atoms with E-state index < -0.39 is 29.3 Å². The van der Waals surface area contributed by atoms with Crippen LogP contribution in [0.15, 0.2) is 48.2 Å². The van der Waals surface area contributed by atoms with Crippen LogP contribution in [-0.2, 0) is 6.18 Å². The summed E-state index contributed by atoms with van der Waals surface area (Å²) in [4.78, 5) is 0. The van der Waals surface area contributed by atoms with E-state index >= 15 is 0 Å². The molecule has 0 aromatic heterocycles. The minimum Gasteiger partial charge on any atom is -0.469 e. The van der Waals surface area contributed by atoms with E-state index in [9.17, 15) is 26.3 Å². The van der Waals surface area contributed by atoms with E-state index in [4.69, 9.17) is 10.5 Å². The van der Waals surface area contributed by atoms with Crippen LogP contribution in [0.5, 0.6) is 5.75 Å². The molecule has 0 saturated heterocycles. The second kappa shape index (κ2) is 5.26. The highest BCUT2D eigenvalue weighted by Gasteiger charge is 2.56. The van der Waals surface area contributed by atoms with Gasteiger partial charge in [0.15, 0.2) is 0 Å². The zero-order valence-corrected chi connectivity index (χ0v) is 11.0. The van der Waals surface area contributed by atoms with Crippen molar-refractivity contribution in [3.63, 3.8) is 0 Å². The summed E-state index contributed by atoms with van der Waals surface area (Å²) < 4.78 is 83.4. The quantitative estimate of drug-likeness (QED) is 0.654. The number of alkyl halides is 6. The zero-order chi connectivity index (χ0) is 16.6. The SMILES string of the molecule is NC1=CC(Oc2ccccc2C(F)(F)F)(C(F)(F)F)C=CC1. The Balaban J connectivity index is 2.51. The summed E-state index contributed by atoms with van der Waals surface area (Å²) in [6.07, 6.45) is -7.37. The maximum absolute atomic E-state index is 13.3. The molecule has 0 fully saturated rings. The van der Waals surface area contributed by atoms with Crippen LogP contribution < -0.4 is 10.5 Å². The summed E-state index contributed by atoms with van der Waals surface area (Å²) in [6.45, 7) is 0. The molecule has 22 heavy (non-hydrogen) atoms. The van der Waals surface area contributed by atoms with Crippen LogP contribution in [0.4, 0.5) is 26.3 Å². The fraction of sp³-hybridized carbons (Fsp3) is 0.286. The molecule has 2 rings (SSSR count). The number of halogens is 6.